The lowest BCUT2D eigenvalue weighted by Crippen LogP contribution is -2.41. The zero-order valence-electron chi connectivity index (χ0n) is 22.2. The second-order valence-corrected chi connectivity index (χ2v) is 12.0. The first-order chi connectivity index (χ1) is 19.0. The fourth-order valence-corrected chi connectivity index (χ4v) is 6.28. The Bertz CT molecular complexity index is 1440. The Balaban J connectivity index is 1.31. The van der Waals surface area contributed by atoms with Crippen molar-refractivity contribution in [3.63, 3.8) is 0 Å². The van der Waals surface area contributed by atoms with Crippen molar-refractivity contribution in [1.29, 1.82) is 0 Å². The number of benzene rings is 3. The van der Waals surface area contributed by atoms with E-state index in [2.05, 4.69) is 10.0 Å². The molecule has 1 saturated carbocycles. The number of carboxylic acids is 1. The summed E-state index contributed by atoms with van der Waals surface area (Å²) in [6.45, 7) is 1.85. The zero-order chi connectivity index (χ0) is 28.9. The van der Waals surface area contributed by atoms with Gasteiger partial charge in [-0.1, -0.05) is 48.5 Å². The van der Waals surface area contributed by atoms with Crippen molar-refractivity contribution >= 4 is 21.9 Å². The van der Waals surface area contributed by atoms with Gasteiger partial charge in [0.05, 0.1) is 10.9 Å². The standard InChI is InChI=1S/C30H34FN3O5S/c1-19(21-5-11-25(31)12-6-21)33-29(35)23-7-13-26(14-8-23)34-40(38,39)27-15-9-22(10-16-27)24-4-2-3-20(17-24)18-28(32)30(36)37/h2-6,9-12,15-17,19,23,26,28,34H,7-8,13-14,18,32H2,1H3,(H,33,35)(H,36,37)/t19-,23-,26-,28-/m1/s1. The van der Waals surface area contributed by atoms with E-state index in [0.717, 1.165) is 22.3 Å². The molecule has 0 heterocycles. The van der Waals surface area contributed by atoms with Gasteiger partial charge in [0.1, 0.15) is 11.9 Å². The Morgan fingerprint density at radius 3 is 2.25 bits per heavy atom. The lowest BCUT2D eigenvalue weighted by Gasteiger charge is -2.29. The molecule has 1 amide bonds. The van der Waals surface area contributed by atoms with Crippen LogP contribution in [0.15, 0.2) is 77.7 Å². The van der Waals surface area contributed by atoms with Crippen LogP contribution in [0, 0.1) is 11.7 Å². The Hall–Kier alpha value is -3.60. The van der Waals surface area contributed by atoms with Crippen molar-refractivity contribution in [1.82, 2.24) is 10.0 Å². The molecule has 0 unspecified atom stereocenters. The van der Waals surface area contributed by atoms with Crippen LogP contribution in [0.5, 0.6) is 0 Å². The molecular formula is C30H34FN3O5S. The third kappa shape index (κ3) is 7.53. The molecule has 2 atom stereocenters. The number of hydrogen-bond acceptors (Lipinski definition) is 5. The number of sulfonamides is 1. The SMILES string of the molecule is C[C@@H](NC(=O)[C@H]1CC[C@H](NS(=O)(=O)c2ccc(-c3cccc(C[C@@H](N)C(=O)O)c3)cc2)CC1)c1ccc(F)cc1. The predicted octanol–water partition coefficient (Wildman–Crippen LogP) is 4.16. The molecule has 3 aromatic rings. The fraction of sp³-hybridized carbons (Fsp3) is 0.333. The molecule has 5 N–H and O–H groups in total. The van der Waals surface area contributed by atoms with Crippen LogP contribution in [0.3, 0.4) is 0 Å². The summed E-state index contributed by atoms with van der Waals surface area (Å²) < 4.78 is 42.0. The van der Waals surface area contributed by atoms with Gasteiger partial charge in [-0.2, -0.15) is 0 Å². The molecule has 1 fully saturated rings. The van der Waals surface area contributed by atoms with E-state index >= 15 is 0 Å². The number of amides is 1. The second-order valence-electron chi connectivity index (χ2n) is 10.3. The molecule has 1 aliphatic rings. The summed E-state index contributed by atoms with van der Waals surface area (Å²) in [5, 5.41) is 12.0. The van der Waals surface area contributed by atoms with Crippen molar-refractivity contribution in [3.05, 3.63) is 89.7 Å². The highest BCUT2D eigenvalue weighted by Crippen LogP contribution is 2.28. The van der Waals surface area contributed by atoms with E-state index in [4.69, 9.17) is 10.8 Å². The largest absolute Gasteiger partial charge is 0.480 e. The van der Waals surface area contributed by atoms with Crippen molar-refractivity contribution in [3.8, 4) is 11.1 Å². The summed E-state index contributed by atoms with van der Waals surface area (Å²) in [5.41, 5.74) is 8.87. The van der Waals surface area contributed by atoms with Gasteiger partial charge in [-0.05, 0) is 85.5 Å². The molecule has 8 nitrogen and oxygen atoms in total. The number of halogens is 1. The fourth-order valence-electron chi connectivity index (χ4n) is 4.97. The van der Waals surface area contributed by atoms with Crippen LogP contribution in [0.4, 0.5) is 4.39 Å². The molecule has 0 spiro atoms. The molecule has 10 heteroatoms. The van der Waals surface area contributed by atoms with Crippen LogP contribution in [-0.4, -0.2) is 37.5 Å². The molecule has 212 valence electrons. The van der Waals surface area contributed by atoms with Gasteiger partial charge in [-0.3, -0.25) is 9.59 Å². The average Bonchev–Trinajstić information content (AvgIpc) is 2.93. The van der Waals surface area contributed by atoms with Gasteiger partial charge in [0.25, 0.3) is 0 Å². The molecule has 0 saturated heterocycles. The topological polar surface area (TPSA) is 139 Å². The second kappa shape index (κ2) is 12.7. The first-order valence-corrected chi connectivity index (χ1v) is 14.8. The highest BCUT2D eigenvalue weighted by molar-refractivity contribution is 7.89. The number of nitrogens with two attached hydrogens (primary N) is 1. The molecule has 0 aromatic heterocycles. The maximum Gasteiger partial charge on any atom is 0.320 e. The van der Waals surface area contributed by atoms with Gasteiger partial charge in [-0.15, -0.1) is 0 Å². The molecular weight excluding hydrogens is 533 g/mol. The molecule has 1 aliphatic carbocycles. The highest BCUT2D eigenvalue weighted by atomic mass is 32.2. The molecule has 0 aliphatic heterocycles. The van der Waals surface area contributed by atoms with Gasteiger partial charge in [0.2, 0.25) is 15.9 Å². The average molecular weight is 568 g/mol. The lowest BCUT2D eigenvalue weighted by atomic mass is 9.85. The number of carboxylic acid groups (broad SMARTS) is 1. The van der Waals surface area contributed by atoms with E-state index in [-0.39, 0.29) is 41.0 Å². The summed E-state index contributed by atoms with van der Waals surface area (Å²) in [6.07, 6.45) is 2.42. The first kappa shape index (κ1) is 29.4. The van der Waals surface area contributed by atoms with Gasteiger partial charge in [-0.25, -0.2) is 17.5 Å². The van der Waals surface area contributed by atoms with Crippen LogP contribution in [0.25, 0.3) is 11.1 Å². The van der Waals surface area contributed by atoms with E-state index in [1.807, 2.05) is 25.1 Å². The summed E-state index contributed by atoms with van der Waals surface area (Å²) in [5.74, 6) is -1.68. The lowest BCUT2D eigenvalue weighted by molar-refractivity contribution is -0.138. The molecule has 0 radical (unpaired) electrons. The molecule has 4 rings (SSSR count). The number of hydrogen-bond donors (Lipinski definition) is 4. The van der Waals surface area contributed by atoms with Crippen LogP contribution in [-0.2, 0) is 26.0 Å². The van der Waals surface area contributed by atoms with Gasteiger partial charge >= 0.3 is 5.97 Å². The number of carbonyl (C=O) groups excluding carboxylic acids is 1. The predicted molar refractivity (Wildman–Crippen MR) is 150 cm³/mol. The minimum Gasteiger partial charge on any atom is -0.480 e. The van der Waals surface area contributed by atoms with E-state index in [0.29, 0.717) is 25.7 Å². The van der Waals surface area contributed by atoms with Gasteiger partial charge < -0.3 is 16.2 Å². The minimum absolute atomic E-state index is 0.0808. The van der Waals surface area contributed by atoms with Crippen LogP contribution in [0.1, 0.15) is 49.8 Å². The number of rotatable bonds is 10. The highest BCUT2D eigenvalue weighted by Gasteiger charge is 2.30. The van der Waals surface area contributed by atoms with Gasteiger partial charge in [0.15, 0.2) is 0 Å². The molecule has 3 aromatic carbocycles. The van der Waals surface area contributed by atoms with Crippen molar-refractivity contribution in [2.24, 2.45) is 11.7 Å². The third-order valence-electron chi connectivity index (χ3n) is 7.35. The van der Waals surface area contributed by atoms with Crippen molar-refractivity contribution in [2.75, 3.05) is 0 Å². The molecule has 0 bridgehead atoms. The summed E-state index contributed by atoms with van der Waals surface area (Å²) in [6, 6.07) is 18.4. The number of aliphatic carboxylic acids is 1. The maximum atomic E-state index is 13.2. The van der Waals surface area contributed by atoms with Crippen molar-refractivity contribution in [2.45, 2.75) is 62.0 Å². The van der Waals surface area contributed by atoms with Crippen molar-refractivity contribution < 1.29 is 27.5 Å². The minimum atomic E-state index is -3.75. The Morgan fingerprint density at radius 2 is 1.62 bits per heavy atom. The van der Waals surface area contributed by atoms with E-state index in [1.54, 1.807) is 42.5 Å². The first-order valence-electron chi connectivity index (χ1n) is 13.3. The smallest absolute Gasteiger partial charge is 0.320 e. The number of carbonyl (C=O) groups is 2. The summed E-state index contributed by atoms with van der Waals surface area (Å²) in [4.78, 5) is 24.0. The Morgan fingerprint density at radius 1 is 0.975 bits per heavy atom. The maximum absolute atomic E-state index is 13.2. The van der Waals surface area contributed by atoms with E-state index in [9.17, 15) is 22.4 Å². The summed E-state index contributed by atoms with van der Waals surface area (Å²) in [7, 11) is -3.75. The number of nitrogens with one attached hydrogen (secondary N) is 2. The Labute approximate surface area is 233 Å². The Kier molecular flexibility index (Phi) is 9.34. The van der Waals surface area contributed by atoms with Crippen LogP contribution in [0.2, 0.25) is 0 Å². The summed E-state index contributed by atoms with van der Waals surface area (Å²) >= 11 is 0. The quantitative estimate of drug-likeness (QED) is 0.290. The normalized spacial score (nSPS) is 19.0. The zero-order valence-corrected chi connectivity index (χ0v) is 23.0. The van der Waals surface area contributed by atoms with Gasteiger partial charge in [0, 0.05) is 12.0 Å². The van der Waals surface area contributed by atoms with Crippen LogP contribution >= 0.6 is 0 Å². The monoisotopic (exact) mass is 567 g/mol. The van der Waals surface area contributed by atoms with E-state index < -0.39 is 22.0 Å². The third-order valence-corrected chi connectivity index (χ3v) is 8.88. The molecule has 40 heavy (non-hydrogen) atoms. The van der Waals surface area contributed by atoms with Crippen LogP contribution < -0.4 is 15.8 Å². The van der Waals surface area contributed by atoms with E-state index in [1.165, 1.54) is 12.1 Å².